The summed E-state index contributed by atoms with van der Waals surface area (Å²) in [5.74, 6) is -0.416. The third-order valence-electron chi connectivity index (χ3n) is 3.61. The largest absolute Gasteiger partial charge is 0.480 e. The second kappa shape index (κ2) is 5.03. The van der Waals surface area contributed by atoms with Crippen LogP contribution in [0.3, 0.4) is 0 Å². The minimum Gasteiger partial charge on any atom is -0.480 e. The zero-order chi connectivity index (χ0) is 13.3. The first-order valence-electron chi connectivity index (χ1n) is 5.87. The van der Waals surface area contributed by atoms with Crippen LogP contribution in [0.25, 0.3) is 0 Å². The summed E-state index contributed by atoms with van der Waals surface area (Å²) in [6.07, 6.45) is 0. The number of hydrogen-bond donors (Lipinski definition) is 1. The Kier molecular flexibility index (Phi) is 3.79. The van der Waals surface area contributed by atoms with Crippen LogP contribution in [0.2, 0.25) is 0 Å². The quantitative estimate of drug-likeness (QED) is 0.917. The molecule has 0 aliphatic carbocycles. The van der Waals surface area contributed by atoms with Crippen LogP contribution in [-0.4, -0.2) is 54.1 Å². The summed E-state index contributed by atoms with van der Waals surface area (Å²) in [5.41, 5.74) is -1.10. The molecule has 1 aromatic heterocycles. The molecule has 1 fully saturated rings. The first kappa shape index (κ1) is 13.6. The number of carboxylic acid groups (broad SMARTS) is 1. The number of rotatable bonds is 3. The van der Waals surface area contributed by atoms with Crippen LogP contribution in [-0.2, 0) is 10.3 Å². The smallest absolute Gasteiger partial charge is 0.331 e. The Balaban J connectivity index is 2.30. The minimum absolute atomic E-state index is 0.464. The average Bonchev–Trinajstić information content (AvgIpc) is 2.76. The summed E-state index contributed by atoms with van der Waals surface area (Å²) in [6.45, 7) is 4.87. The third kappa shape index (κ3) is 2.32. The van der Waals surface area contributed by atoms with Gasteiger partial charge in [-0.15, -0.1) is 0 Å². The van der Waals surface area contributed by atoms with Crippen molar-refractivity contribution in [1.82, 2.24) is 9.80 Å². The highest BCUT2D eigenvalue weighted by atomic mass is 79.9. The molecule has 5 nitrogen and oxygen atoms in total. The topological polar surface area (TPSA) is 56.9 Å². The van der Waals surface area contributed by atoms with Crippen molar-refractivity contribution in [2.75, 3.05) is 33.2 Å². The lowest BCUT2D eigenvalue weighted by Gasteiger charge is -2.41. The van der Waals surface area contributed by atoms with Crippen LogP contribution in [0.15, 0.2) is 21.2 Å². The maximum atomic E-state index is 11.7. The zero-order valence-corrected chi connectivity index (χ0v) is 12.1. The van der Waals surface area contributed by atoms with E-state index in [1.165, 1.54) is 0 Å². The number of carbonyl (C=O) groups is 1. The van der Waals surface area contributed by atoms with E-state index < -0.39 is 11.5 Å². The molecule has 0 aromatic carbocycles. The van der Waals surface area contributed by atoms with Gasteiger partial charge in [0.15, 0.2) is 10.2 Å². The summed E-state index contributed by atoms with van der Waals surface area (Å²) in [4.78, 5) is 15.8. The van der Waals surface area contributed by atoms with Crippen molar-refractivity contribution in [2.24, 2.45) is 0 Å². The van der Waals surface area contributed by atoms with Crippen LogP contribution in [0.4, 0.5) is 0 Å². The third-order valence-corrected chi connectivity index (χ3v) is 4.03. The van der Waals surface area contributed by atoms with E-state index in [-0.39, 0.29) is 0 Å². The molecule has 1 aliphatic heterocycles. The Bertz CT molecular complexity index is 440. The van der Waals surface area contributed by atoms with Gasteiger partial charge in [0, 0.05) is 26.2 Å². The minimum atomic E-state index is -1.10. The van der Waals surface area contributed by atoms with Crippen LogP contribution >= 0.6 is 15.9 Å². The summed E-state index contributed by atoms with van der Waals surface area (Å²) in [5, 5.41) is 9.58. The van der Waals surface area contributed by atoms with Crippen LogP contribution in [0, 0.1) is 0 Å². The average molecular weight is 317 g/mol. The van der Waals surface area contributed by atoms with Crippen LogP contribution in [0.1, 0.15) is 12.7 Å². The van der Waals surface area contributed by atoms with Gasteiger partial charge in [-0.1, -0.05) is 0 Å². The van der Waals surface area contributed by atoms with E-state index in [9.17, 15) is 9.90 Å². The molecule has 0 radical (unpaired) electrons. The van der Waals surface area contributed by atoms with Gasteiger partial charge in [-0.25, -0.2) is 4.79 Å². The SMILES string of the molecule is CN1CCN(C(C)(C(=O)O)c2ccc(Br)o2)CC1. The number of furan rings is 1. The van der Waals surface area contributed by atoms with Crippen molar-refractivity contribution in [3.8, 4) is 0 Å². The van der Waals surface area contributed by atoms with Crippen LogP contribution < -0.4 is 0 Å². The van der Waals surface area contributed by atoms with E-state index in [4.69, 9.17) is 4.42 Å². The van der Waals surface area contributed by atoms with E-state index >= 15 is 0 Å². The fourth-order valence-electron chi connectivity index (χ4n) is 2.23. The second-order valence-corrected chi connectivity index (χ2v) is 5.55. The number of halogens is 1. The van der Waals surface area contributed by atoms with Crippen molar-refractivity contribution >= 4 is 21.9 Å². The van der Waals surface area contributed by atoms with Gasteiger partial charge in [0.2, 0.25) is 0 Å². The predicted octanol–water partition coefficient (Wildman–Crippen LogP) is 1.59. The molecule has 1 aromatic rings. The van der Waals surface area contributed by atoms with Gasteiger partial charge in [0.1, 0.15) is 5.76 Å². The molecule has 1 saturated heterocycles. The van der Waals surface area contributed by atoms with Gasteiger partial charge in [-0.3, -0.25) is 4.90 Å². The fourth-order valence-corrected chi connectivity index (χ4v) is 2.53. The van der Waals surface area contributed by atoms with Crippen molar-refractivity contribution in [3.63, 3.8) is 0 Å². The number of piperazine rings is 1. The summed E-state index contributed by atoms with van der Waals surface area (Å²) < 4.78 is 6.03. The monoisotopic (exact) mass is 316 g/mol. The lowest BCUT2D eigenvalue weighted by atomic mass is 9.95. The molecule has 1 unspecified atom stereocenters. The molecule has 2 heterocycles. The lowest BCUT2D eigenvalue weighted by molar-refractivity contribution is -0.154. The van der Waals surface area contributed by atoms with Crippen molar-refractivity contribution in [3.05, 3.63) is 22.6 Å². The molecule has 1 atom stereocenters. The van der Waals surface area contributed by atoms with Crippen molar-refractivity contribution in [1.29, 1.82) is 0 Å². The molecule has 1 aliphatic rings. The molecule has 6 heteroatoms. The Hall–Kier alpha value is -0.850. The van der Waals surface area contributed by atoms with Crippen molar-refractivity contribution in [2.45, 2.75) is 12.5 Å². The van der Waals surface area contributed by atoms with Gasteiger partial charge >= 0.3 is 5.97 Å². The van der Waals surface area contributed by atoms with E-state index in [1.54, 1.807) is 19.1 Å². The highest BCUT2D eigenvalue weighted by Gasteiger charge is 2.45. The molecular weight excluding hydrogens is 300 g/mol. The van der Waals surface area contributed by atoms with E-state index in [0.29, 0.717) is 10.4 Å². The van der Waals surface area contributed by atoms with Gasteiger partial charge in [0.25, 0.3) is 0 Å². The van der Waals surface area contributed by atoms with Gasteiger partial charge in [-0.05, 0) is 42.0 Å². The molecule has 0 bridgehead atoms. The zero-order valence-electron chi connectivity index (χ0n) is 10.5. The number of hydrogen-bond acceptors (Lipinski definition) is 4. The Morgan fingerprint density at radius 1 is 1.39 bits per heavy atom. The Morgan fingerprint density at radius 2 is 2.00 bits per heavy atom. The van der Waals surface area contributed by atoms with Gasteiger partial charge in [0.05, 0.1) is 0 Å². The maximum Gasteiger partial charge on any atom is 0.331 e. The number of carboxylic acids is 1. The standard InChI is InChI=1S/C12H17BrN2O3/c1-12(11(16)17,9-3-4-10(13)18-9)15-7-5-14(2)6-8-15/h3-4H,5-8H2,1-2H3,(H,16,17). The first-order chi connectivity index (χ1) is 8.44. The summed E-state index contributed by atoms with van der Waals surface area (Å²) in [7, 11) is 2.04. The molecule has 0 spiro atoms. The Morgan fingerprint density at radius 3 is 2.44 bits per heavy atom. The highest BCUT2D eigenvalue weighted by molar-refractivity contribution is 9.10. The van der Waals surface area contributed by atoms with Crippen LogP contribution in [0.5, 0.6) is 0 Å². The molecule has 1 N–H and O–H groups in total. The fraction of sp³-hybridized carbons (Fsp3) is 0.583. The lowest BCUT2D eigenvalue weighted by Crippen LogP contribution is -2.56. The molecule has 0 amide bonds. The normalized spacial score (nSPS) is 21.7. The predicted molar refractivity (Wildman–Crippen MR) is 70.5 cm³/mol. The summed E-state index contributed by atoms with van der Waals surface area (Å²) in [6, 6.07) is 3.45. The second-order valence-electron chi connectivity index (χ2n) is 4.77. The van der Waals surface area contributed by atoms with E-state index in [1.807, 2.05) is 11.9 Å². The molecular formula is C12H17BrN2O3. The van der Waals surface area contributed by atoms with Gasteiger partial charge in [-0.2, -0.15) is 0 Å². The van der Waals surface area contributed by atoms with Crippen molar-refractivity contribution < 1.29 is 14.3 Å². The molecule has 0 saturated carbocycles. The number of aliphatic carboxylic acids is 1. The molecule has 18 heavy (non-hydrogen) atoms. The first-order valence-corrected chi connectivity index (χ1v) is 6.66. The molecule has 100 valence electrons. The van der Waals surface area contributed by atoms with E-state index in [0.717, 1.165) is 26.2 Å². The van der Waals surface area contributed by atoms with E-state index in [2.05, 4.69) is 20.8 Å². The Labute approximate surface area is 114 Å². The number of likely N-dealkylation sites (N-methyl/N-ethyl adjacent to an activating group) is 1. The molecule has 2 rings (SSSR count). The van der Waals surface area contributed by atoms with Gasteiger partial charge < -0.3 is 14.4 Å². The number of nitrogens with zero attached hydrogens (tertiary/aromatic N) is 2. The highest BCUT2D eigenvalue weighted by Crippen LogP contribution is 2.32. The maximum absolute atomic E-state index is 11.7. The summed E-state index contributed by atoms with van der Waals surface area (Å²) >= 11 is 3.22.